The topological polar surface area (TPSA) is 43.4 Å². The molecule has 0 aromatic heterocycles. The van der Waals surface area contributed by atoms with Gasteiger partial charge in [0.25, 0.3) is 0 Å². The standard InChI is InChI=1S/C25H40O3/c1-22(2)18-14-11-9-7-5-3-4-6-8-10-12-17-21-24(26)28-25(27)23-19-15-13-16-20-23/h13,15-16,19-20,22H,3-12,14,17-18,21H2,1-2H3. The van der Waals surface area contributed by atoms with Crippen molar-refractivity contribution in [3.8, 4) is 0 Å². The van der Waals surface area contributed by atoms with E-state index in [2.05, 4.69) is 13.8 Å². The lowest BCUT2D eigenvalue weighted by atomic mass is 10.0. The van der Waals surface area contributed by atoms with Crippen molar-refractivity contribution in [1.82, 2.24) is 0 Å². The molecule has 3 nitrogen and oxygen atoms in total. The molecule has 0 spiro atoms. The second kappa shape index (κ2) is 16.3. The van der Waals surface area contributed by atoms with Crippen LogP contribution in [0.25, 0.3) is 0 Å². The van der Waals surface area contributed by atoms with Gasteiger partial charge in [0, 0.05) is 6.42 Å². The summed E-state index contributed by atoms with van der Waals surface area (Å²) in [4.78, 5) is 23.5. The molecule has 0 aliphatic heterocycles. The first-order valence-corrected chi connectivity index (χ1v) is 11.4. The Morgan fingerprint density at radius 2 is 1.18 bits per heavy atom. The SMILES string of the molecule is CC(C)CCCCCCCCCCCCCCC(=O)OC(=O)c1ccccc1. The molecule has 0 atom stereocenters. The Hall–Kier alpha value is -1.64. The van der Waals surface area contributed by atoms with Gasteiger partial charge in [-0.05, 0) is 24.5 Å². The Balaban J connectivity index is 1.85. The summed E-state index contributed by atoms with van der Waals surface area (Å²) < 4.78 is 4.88. The molecule has 3 heteroatoms. The minimum absolute atomic E-state index is 0.329. The quantitative estimate of drug-likeness (QED) is 0.167. The highest BCUT2D eigenvalue weighted by Crippen LogP contribution is 2.14. The van der Waals surface area contributed by atoms with Gasteiger partial charge in [-0.3, -0.25) is 4.79 Å². The van der Waals surface area contributed by atoms with Crippen LogP contribution in [0.2, 0.25) is 0 Å². The number of rotatable bonds is 16. The maximum absolute atomic E-state index is 11.8. The summed E-state index contributed by atoms with van der Waals surface area (Å²) in [7, 11) is 0. The molecule has 1 aromatic carbocycles. The average Bonchev–Trinajstić information content (AvgIpc) is 2.68. The number of unbranched alkanes of at least 4 members (excludes halogenated alkanes) is 11. The Morgan fingerprint density at radius 1 is 0.714 bits per heavy atom. The maximum atomic E-state index is 11.8. The largest absolute Gasteiger partial charge is 0.389 e. The van der Waals surface area contributed by atoms with Gasteiger partial charge in [-0.25, -0.2) is 4.79 Å². The Labute approximate surface area is 172 Å². The summed E-state index contributed by atoms with van der Waals surface area (Å²) in [5.74, 6) is -0.116. The van der Waals surface area contributed by atoms with E-state index in [0.29, 0.717) is 12.0 Å². The molecular formula is C25H40O3. The van der Waals surface area contributed by atoms with Gasteiger partial charge in [0.05, 0.1) is 5.56 Å². The van der Waals surface area contributed by atoms with E-state index in [-0.39, 0.29) is 0 Å². The molecule has 0 aliphatic rings. The van der Waals surface area contributed by atoms with Crippen molar-refractivity contribution in [1.29, 1.82) is 0 Å². The summed E-state index contributed by atoms with van der Waals surface area (Å²) in [6, 6.07) is 8.66. The van der Waals surface area contributed by atoms with Gasteiger partial charge in [0.2, 0.25) is 0 Å². The van der Waals surface area contributed by atoms with Crippen LogP contribution < -0.4 is 0 Å². The fourth-order valence-corrected chi connectivity index (χ4v) is 3.38. The lowest BCUT2D eigenvalue weighted by Gasteiger charge is -2.05. The molecule has 0 aliphatic carbocycles. The van der Waals surface area contributed by atoms with Crippen LogP contribution in [0.1, 0.15) is 114 Å². The van der Waals surface area contributed by atoms with Crippen molar-refractivity contribution in [3.05, 3.63) is 35.9 Å². The Morgan fingerprint density at radius 3 is 1.68 bits per heavy atom. The van der Waals surface area contributed by atoms with Crippen LogP contribution in [-0.4, -0.2) is 11.9 Å². The minimum atomic E-state index is -0.550. The van der Waals surface area contributed by atoms with E-state index >= 15 is 0 Å². The molecular weight excluding hydrogens is 348 g/mol. The lowest BCUT2D eigenvalue weighted by molar-refractivity contribution is -0.138. The van der Waals surface area contributed by atoms with Gasteiger partial charge >= 0.3 is 11.9 Å². The highest BCUT2D eigenvalue weighted by molar-refractivity contribution is 5.96. The van der Waals surface area contributed by atoms with E-state index in [1.807, 2.05) is 6.07 Å². The molecule has 1 aromatic rings. The number of carbonyl (C=O) groups excluding carboxylic acids is 2. The fourth-order valence-electron chi connectivity index (χ4n) is 3.38. The van der Waals surface area contributed by atoms with Crippen LogP contribution >= 0.6 is 0 Å². The van der Waals surface area contributed by atoms with Crippen molar-refractivity contribution in [2.24, 2.45) is 5.92 Å². The van der Waals surface area contributed by atoms with Gasteiger partial charge in [0.15, 0.2) is 0 Å². The average molecular weight is 389 g/mol. The summed E-state index contributed by atoms with van der Waals surface area (Å²) in [6.07, 6.45) is 16.9. The van der Waals surface area contributed by atoms with Gasteiger partial charge in [-0.15, -0.1) is 0 Å². The van der Waals surface area contributed by atoms with E-state index in [9.17, 15) is 9.59 Å². The monoisotopic (exact) mass is 388 g/mol. The van der Waals surface area contributed by atoms with E-state index < -0.39 is 11.9 Å². The third-order valence-corrected chi connectivity index (χ3v) is 5.13. The summed E-state index contributed by atoms with van der Waals surface area (Å²) in [5.41, 5.74) is 0.423. The smallest absolute Gasteiger partial charge is 0.345 e. The second-order valence-electron chi connectivity index (χ2n) is 8.30. The molecule has 1 rings (SSSR count). The zero-order valence-electron chi connectivity index (χ0n) is 18.1. The molecule has 0 saturated heterocycles. The molecule has 0 N–H and O–H groups in total. The van der Waals surface area contributed by atoms with Gasteiger partial charge in [0.1, 0.15) is 0 Å². The molecule has 0 heterocycles. The molecule has 28 heavy (non-hydrogen) atoms. The second-order valence-corrected chi connectivity index (χ2v) is 8.30. The van der Waals surface area contributed by atoms with Crippen LogP contribution in [0.4, 0.5) is 0 Å². The number of hydrogen-bond donors (Lipinski definition) is 0. The van der Waals surface area contributed by atoms with Crippen molar-refractivity contribution in [3.63, 3.8) is 0 Å². The maximum Gasteiger partial charge on any atom is 0.345 e. The summed E-state index contributed by atoms with van der Waals surface area (Å²) >= 11 is 0. The highest BCUT2D eigenvalue weighted by atomic mass is 16.6. The molecule has 0 fully saturated rings. The third-order valence-electron chi connectivity index (χ3n) is 5.13. The predicted molar refractivity (Wildman–Crippen MR) is 116 cm³/mol. The van der Waals surface area contributed by atoms with Crippen molar-refractivity contribution >= 4 is 11.9 Å². The molecule has 0 bridgehead atoms. The Bertz CT molecular complexity index is 522. The minimum Gasteiger partial charge on any atom is -0.389 e. The van der Waals surface area contributed by atoms with Crippen molar-refractivity contribution in [2.45, 2.75) is 104 Å². The van der Waals surface area contributed by atoms with Crippen LogP contribution in [0.3, 0.4) is 0 Å². The van der Waals surface area contributed by atoms with E-state index in [1.54, 1.807) is 24.3 Å². The molecule has 0 amide bonds. The number of carbonyl (C=O) groups is 2. The summed E-state index contributed by atoms with van der Waals surface area (Å²) in [5, 5.41) is 0. The Kier molecular flexibility index (Phi) is 14.2. The van der Waals surface area contributed by atoms with E-state index in [0.717, 1.165) is 25.2 Å². The number of ether oxygens (including phenoxy) is 1. The van der Waals surface area contributed by atoms with E-state index in [1.165, 1.54) is 64.2 Å². The van der Waals surface area contributed by atoms with E-state index in [4.69, 9.17) is 4.74 Å². The van der Waals surface area contributed by atoms with Gasteiger partial charge < -0.3 is 4.74 Å². The normalized spacial score (nSPS) is 11.0. The lowest BCUT2D eigenvalue weighted by Crippen LogP contribution is -2.12. The first kappa shape index (κ1) is 24.4. The predicted octanol–water partition coefficient (Wildman–Crippen LogP) is 7.49. The molecule has 158 valence electrons. The summed E-state index contributed by atoms with van der Waals surface area (Å²) in [6.45, 7) is 4.61. The molecule has 0 unspecified atom stereocenters. The van der Waals surface area contributed by atoms with Gasteiger partial charge in [-0.2, -0.15) is 0 Å². The molecule has 0 saturated carbocycles. The number of benzene rings is 1. The molecule has 0 radical (unpaired) electrons. The van der Waals surface area contributed by atoms with Crippen molar-refractivity contribution in [2.75, 3.05) is 0 Å². The first-order chi connectivity index (χ1) is 13.6. The van der Waals surface area contributed by atoms with Crippen LogP contribution in [0.5, 0.6) is 0 Å². The van der Waals surface area contributed by atoms with Crippen LogP contribution in [0, 0.1) is 5.92 Å². The fraction of sp³-hybridized carbons (Fsp3) is 0.680. The number of esters is 2. The zero-order valence-corrected chi connectivity index (χ0v) is 18.1. The highest BCUT2D eigenvalue weighted by Gasteiger charge is 2.11. The van der Waals surface area contributed by atoms with Crippen molar-refractivity contribution < 1.29 is 14.3 Å². The first-order valence-electron chi connectivity index (χ1n) is 11.4. The zero-order chi connectivity index (χ0) is 20.5. The third kappa shape index (κ3) is 13.5. The van der Waals surface area contributed by atoms with Crippen LogP contribution in [0.15, 0.2) is 30.3 Å². The van der Waals surface area contributed by atoms with Crippen LogP contribution in [-0.2, 0) is 9.53 Å². The number of hydrogen-bond acceptors (Lipinski definition) is 3. The van der Waals surface area contributed by atoms with Gasteiger partial charge in [-0.1, -0.05) is 109 Å².